The van der Waals surface area contributed by atoms with Gasteiger partial charge in [-0.1, -0.05) is 18.2 Å². The predicted molar refractivity (Wildman–Crippen MR) is 99.9 cm³/mol. The zero-order valence-electron chi connectivity index (χ0n) is 14.9. The molecule has 1 fully saturated rings. The molecular formula is C20H20N4O3. The van der Waals surface area contributed by atoms with Crippen LogP contribution in [0.5, 0.6) is 0 Å². The number of likely N-dealkylation sites (tertiary alicyclic amines) is 1. The van der Waals surface area contributed by atoms with Crippen molar-refractivity contribution in [3.05, 3.63) is 65.7 Å². The molecule has 138 valence electrons. The second-order valence-electron chi connectivity index (χ2n) is 6.57. The zero-order valence-corrected chi connectivity index (χ0v) is 14.9. The number of aryl methyl sites for hydroxylation is 1. The van der Waals surface area contributed by atoms with Crippen LogP contribution in [0.3, 0.4) is 0 Å². The Hall–Kier alpha value is -3.35. The molecule has 2 N–H and O–H groups in total. The van der Waals surface area contributed by atoms with Crippen molar-refractivity contribution in [1.82, 2.24) is 20.7 Å². The first-order chi connectivity index (χ1) is 13.1. The van der Waals surface area contributed by atoms with Crippen LogP contribution < -0.4 is 10.9 Å². The van der Waals surface area contributed by atoms with Gasteiger partial charge >= 0.3 is 11.9 Å². The highest BCUT2D eigenvalue weighted by Gasteiger charge is 2.30. The molecule has 7 heteroatoms. The van der Waals surface area contributed by atoms with Crippen molar-refractivity contribution in [3.63, 3.8) is 0 Å². The third-order valence-electron chi connectivity index (χ3n) is 4.94. The predicted octanol–water partition coefficient (Wildman–Crippen LogP) is 3.33. The van der Waals surface area contributed by atoms with Crippen molar-refractivity contribution in [2.75, 3.05) is 6.54 Å². The van der Waals surface area contributed by atoms with E-state index in [2.05, 4.69) is 15.8 Å². The van der Waals surface area contributed by atoms with Gasteiger partial charge in [0, 0.05) is 29.9 Å². The lowest BCUT2D eigenvalue weighted by atomic mass is 10.1. The van der Waals surface area contributed by atoms with Crippen molar-refractivity contribution in [2.24, 2.45) is 0 Å². The number of carbonyl (C=O) groups excluding carboxylic acids is 2. The van der Waals surface area contributed by atoms with Gasteiger partial charge in [0.25, 0.3) is 0 Å². The Labute approximate surface area is 156 Å². The fraction of sp³-hybridized carbons (Fsp3) is 0.250. The van der Waals surface area contributed by atoms with Crippen molar-refractivity contribution in [1.29, 1.82) is 0 Å². The highest BCUT2D eigenvalue weighted by Crippen LogP contribution is 2.31. The number of hydrazine groups is 1. The standard InChI is InChI=1S/C20H20N4O3/c1-13-15-5-2-3-7-17(15)27-18(13)19(25)22-23-20(26)24-12-4-6-16(24)14-8-10-21-11-9-14/h2-3,5,7-11,16H,4,6,12H2,1H3,(H,22,25)(H,23,26)/t16-/m1/s1. The molecule has 2 aromatic heterocycles. The zero-order chi connectivity index (χ0) is 18.8. The van der Waals surface area contributed by atoms with E-state index >= 15 is 0 Å². The van der Waals surface area contributed by atoms with Gasteiger partial charge in [-0.15, -0.1) is 0 Å². The maximum atomic E-state index is 12.6. The minimum Gasteiger partial charge on any atom is -0.451 e. The number of amides is 3. The summed E-state index contributed by atoms with van der Waals surface area (Å²) in [5.41, 5.74) is 7.39. The quantitative estimate of drug-likeness (QED) is 0.683. The van der Waals surface area contributed by atoms with E-state index in [1.807, 2.05) is 37.3 Å². The number of rotatable bonds is 2. The van der Waals surface area contributed by atoms with E-state index in [9.17, 15) is 9.59 Å². The molecule has 4 rings (SSSR count). The number of pyridine rings is 1. The van der Waals surface area contributed by atoms with Gasteiger partial charge in [0.15, 0.2) is 5.76 Å². The molecule has 0 saturated carbocycles. The largest absolute Gasteiger partial charge is 0.451 e. The molecule has 1 aliphatic rings. The SMILES string of the molecule is Cc1c(C(=O)NNC(=O)N2CCC[C@@H]2c2ccncc2)oc2ccccc12. The minimum absolute atomic E-state index is 0.0159. The molecule has 27 heavy (non-hydrogen) atoms. The third-order valence-corrected chi connectivity index (χ3v) is 4.94. The number of benzene rings is 1. The molecule has 0 unspecified atom stereocenters. The van der Waals surface area contributed by atoms with Crippen molar-refractivity contribution >= 4 is 22.9 Å². The lowest BCUT2D eigenvalue weighted by Gasteiger charge is -2.25. The highest BCUT2D eigenvalue weighted by atomic mass is 16.3. The molecule has 1 atom stereocenters. The fourth-order valence-corrected chi connectivity index (χ4v) is 3.57. The van der Waals surface area contributed by atoms with Crippen LogP contribution in [-0.2, 0) is 0 Å². The summed E-state index contributed by atoms with van der Waals surface area (Å²) < 4.78 is 5.62. The van der Waals surface area contributed by atoms with Crippen LogP contribution >= 0.6 is 0 Å². The minimum atomic E-state index is -0.475. The molecule has 0 spiro atoms. The molecule has 1 saturated heterocycles. The molecule has 1 aromatic carbocycles. The molecule has 3 aromatic rings. The van der Waals surface area contributed by atoms with Gasteiger partial charge in [-0.05, 0) is 43.5 Å². The average molecular weight is 364 g/mol. The second kappa shape index (κ2) is 7.11. The number of hydrogen-bond acceptors (Lipinski definition) is 4. The van der Waals surface area contributed by atoms with E-state index in [0.717, 1.165) is 29.4 Å². The van der Waals surface area contributed by atoms with E-state index in [4.69, 9.17) is 4.42 Å². The lowest BCUT2D eigenvalue weighted by Crippen LogP contribution is -2.48. The van der Waals surface area contributed by atoms with Crippen LogP contribution in [0.1, 0.15) is 40.6 Å². The third kappa shape index (κ3) is 3.23. The number of furan rings is 1. The van der Waals surface area contributed by atoms with E-state index in [0.29, 0.717) is 12.1 Å². The second-order valence-corrected chi connectivity index (χ2v) is 6.57. The summed E-state index contributed by atoms with van der Waals surface area (Å²) >= 11 is 0. The Balaban J connectivity index is 1.44. The molecule has 0 radical (unpaired) electrons. The molecule has 3 heterocycles. The molecular weight excluding hydrogens is 344 g/mol. The number of nitrogens with zero attached hydrogens (tertiary/aromatic N) is 2. The van der Waals surface area contributed by atoms with E-state index in [-0.39, 0.29) is 17.8 Å². The summed E-state index contributed by atoms with van der Waals surface area (Å²) in [5.74, 6) is -0.277. The number of urea groups is 1. The monoisotopic (exact) mass is 364 g/mol. The number of fused-ring (bicyclic) bond motifs is 1. The summed E-state index contributed by atoms with van der Waals surface area (Å²) in [6.07, 6.45) is 5.23. The van der Waals surface area contributed by atoms with Crippen LogP contribution in [0, 0.1) is 6.92 Å². The summed E-state index contributed by atoms with van der Waals surface area (Å²) in [6, 6.07) is 10.9. The topological polar surface area (TPSA) is 87.5 Å². The number of para-hydroxylation sites is 1. The van der Waals surface area contributed by atoms with Crippen LogP contribution in [0.4, 0.5) is 4.79 Å². The van der Waals surface area contributed by atoms with Gasteiger partial charge in [0.05, 0.1) is 6.04 Å². The summed E-state index contributed by atoms with van der Waals surface area (Å²) in [7, 11) is 0. The molecule has 7 nitrogen and oxygen atoms in total. The van der Waals surface area contributed by atoms with Crippen LogP contribution in [0.25, 0.3) is 11.0 Å². The number of hydrogen-bond donors (Lipinski definition) is 2. The van der Waals surface area contributed by atoms with Gasteiger partial charge in [-0.25, -0.2) is 10.2 Å². The number of aromatic nitrogens is 1. The lowest BCUT2D eigenvalue weighted by molar-refractivity contribution is 0.0902. The van der Waals surface area contributed by atoms with Crippen molar-refractivity contribution in [2.45, 2.75) is 25.8 Å². The van der Waals surface area contributed by atoms with E-state index < -0.39 is 5.91 Å². The Morgan fingerprint density at radius 3 is 2.70 bits per heavy atom. The highest BCUT2D eigenvalue weighted by molar-refractivity contribution is 5.99. The number of carbonyl (C=O) groups is 2. The van der Waals surface area contributed by atoms with Gasteiger partial charge < -0.3 is 9.32 Å². The van der Waals surface area contributed by atoms with Crippen LogP contribution in [-0.4, -0.2) is 28.4 Å². The molecule has 1 aliphatic heterocycles. The smallest absolute Gasteiger partial charge is 0.336 e. The van der Waals surface area contributed by atoms with Gasteiger partial charge in [-0.3, -0.25) is 15.2 Å². The Kier molecular flexibility index (Phi) is 4.50. The summed E-state index contributed by atoms with van der Waals surface area (Å²) in [4.78, 5) is 30.8. The first-order valence-corrected chi connectivity index (χ1v) is 8.90. The molecule has 0 aliphatic carbocycles. The van der Waals surface area contributed by atoms with E-state index in [1.165, 1.54) is 0 Å². The Bertz CT molecular complexity index is 983. The normalized spacial score (nSPS) is 16.5. The maximum Gasteiger partial charge on any atom is 0.336 e. The molecule has 0 bridgehead atoms. The Morgan fingerprint density at radius 2 is 1.93 bits per heavy atom. The van der Waals surface area contributed by atoms with Gasteiger partial charge in [0.1, 0.15) is 5.58 Å². The number of nitrogens with one attached hydrogen (secondary N) is 2. The maximum absolute atomic E-state index is 12.6. The Morgan fingerprint density at radius 1 is 1.15 bits per heavy atom. The van der Waals surface area contributed by atoms with Crippen LogP contribution in [0.15, 0.2) is 53.2 Å². The van der Waals surface area contributed by atoms with Gasteiger partial charge in [-0.2, -0.15) is 0 Å². The van der Waals surface area contributed by atoms with Crippen molar-refractivity contribution in [3.8, 4) is 0 Å². The fourth-order valence-electron chi connectivity index (χ4n) is 3.57. The van der Waals surface area contributed by atoms with Gasteiger partial charge in [0.2, 0.25) is 0 Å². The average Bonchev–Trinajstić information content (AvgIpc) is 3.32. The summed E-state index contributed by atoms with van der Waals surface area (Å²) in [5, 5.41) is 0.881. The first kappa shape index (κ1) is 17.1. The summed E-state index contributed by atoms with van der Waals surface area (Å²) in [6.45, 7) is 2.46. The van der Waals surface area contributed by atoms with Crippen molar-refractivity contribution < 1.29 is 14.0 Å². The molecule has 3 amide bonds. The van der Waals surface area contributed by atoms with Crippen LogP contribution in [0.2, 0.25) is 0 Å². The first-order valence-electron chi connectivity index (χ1n) is 8.90. The van der Waals surface area contributed by atoms with E-state index in [1.54, 1.807) is 23.4 Å².